The summed E-state index contributed by atoms with van der Waals surface area (Å²) < 4.78 is 2.48. The minimum Gasteiger partial charge on any atom is -0.354 e. The molecular weight excluding hydrogens is 334 g/mol. The molecule has 0 atom stereocenters. The fourth-order valence-electron chi connectivity index (χ4n) is 1.88. The van der Waals surface area contributed by atoms with Crippen LogP contribution in [-0.4, -0.2) is 22.0 Å². The normalized spacial score (nSPS) is 10.4. The van der Waals surface area contributed by atoms with Gasteiger partial charge in [-0.05, 0) is 24.6 Å². The zero-order valence-electron chi connectivity index (χ0n) is 11.7. The zero-order valence-corrected chi connectivity index (χ0v) is 13.3. The summed E-state index contributed by atoms with van der Waals surface area (Å²) in [6.07, 6.45) is 3.34. The molecule has 0 saturated carbocycles. The molecule has 2 rings (SSSR count). The van der Waals surface area contributed by atoms with Gasteiger partial charge in [0, 0.05) is 29.3 Å². The molecule has 110 valence electrons. The summed E-state index contributed by atoms with van der Waals surface area (Å²) in [7, 11) is 0. The molecule has 0 spiro atoms. The van der Waals surface area contributed by atoms with E-state index in [1.807, 2.05) is 24.3 Å². The highest BCUT2D eigenvalue weighted by Crippen LogP contribution is 2.10. The third-order valence-corrected chi connectivity index (χ3v) is 3.55. The van der Waals surface area contributed by atoms with E-state index in [0.29, 0.717) is 25.1 Å². The van der Waals surface area contributed by atoms with Crippen molar-refractivity contribution in [2.45, 2.75) is 19.9 Å². The monoisotopic (exact) mass is 349 g/mol. The maximum Gasteiger partial charge on any atom is 0.256 e. The van der Waals surface area contributed by atoms with Gasteiger partial charge in [-0.15, -0.1) is 0 Å². The number of carbonyl (C=O) groups is 1. The summed E-state index contributed by atoms with van der Waals surface area (Å²) in [6, 6.07) is 7.61. The summed E-state index contributed by atoms with van der Waals surface area (Å²) in [5.74, 6) is -0.0639. The van der Waals surface area contributed by atoms with Crippen LogP contribution in [0.2, 0.25) is 0 Å². The second-order valence-electron chi connectivity index (χ2n) is 4.73. The predicted molar refractivity (Wildman–Crippen MR) is 84.1 cm³/mol. The molecule has 5 nitrogen and oxygen atoms in total. The minimum absolute atomic E-state index is 0.0639. The van der Waals surface area contributed by atoms with Gasteiger partial charge in [-0.2, -0.15) is 0 Å². The molecule has 0 bridgehead atoms. The molecule has 1 aromatic carbocycles. The highest BCUT2D eigenvalue weighted by molar-refractivity contribution is 9.10. The Morgan fingerprint density at radius 3 is 2.76 bits per heavy atom. The summed E-state index contributed by atoms with van der Waals surface area (Å²) in [4.78, 5) is 27.6. The zero-order chi connectivity index (χ0) is 15.2. The fourth-order valence-corrected chi connectivity index (χ4v) is 2.15. The SMILES string of the molecule is Cc1cncn(CCNC(=O)Cc2ccc(Br)cc2)c1=O. The molecule has 6 heteroatoms. The van der Waals surface area contributed by atoms with Crippen molar-refractivity contribution in [1.82, 2.24) is 14.9 Å². The van der Waals surface area contributed by atoms with Crippen molar-refractivity contribution in [2.24, 2.45) is 0 Å². The highest BCUT2D eigenvalue weighted by Gasteiger charge is 2.04. The number of amides is 1. The highest BCUT2D eigenvalue weighted by atomic mass is 79.9. The Bertz CT molecular complexity index is 680. The van der Waals surface area contributed by atoms with Gasteiger partial charge in [0.05, 0.1) is 12.7 Å². The molecule has 1 heterocycles. The summed E-state index contributed by atoms with van der Waals surface area (Å²) >= 11 is 3.35. The van der Waals surface area contributed by atoms with Crippen molar-refractivity contribution in [2.75, 3.05) is 6.54 Å². The lowest BCUT2D eigenvalue weighted by Gasteiger charge is -2.08. The Kier molecular flexibility index (Phi) is 5.27. The van der Waals surface area contributed by atoms with Crippen LogP contribution in [0.1, 0.15) is 11.1 Å². The molecule has 1 N–H and O–H groups in total. The molecule has 0 fully saturated rings. The van der Waals surface area contributed by atoms with Crippen molar-refractivity contribution in [3.05, 3.63) is 62.7 Å². The van der Waals surface area contributed by atoms with E-state index < -0.39 is 0 Å². The number of hydrogen-bond acceptors (Lipinski definition) is 3. The van der Waals surface area contributed by atoms with Crippen LogP contribution in [0.25, 0.3) is 0 Å². The number of carbonyl (C=O) groups excluding carboxylic acids is 1. The van der Waals surface area contributed by atoms with Crippen LogP contribution in [0, 0.1) is 6.92 Å². The Hall–Kier alpha value is -1.95. The summed E-state index contributed by atoms with van der Waals surface area (Å²) in [5.41, 5.74) is 1.47. The summed E-state index contributed by atoms with van der Waals surface area (Å²) in [5, 5.41) is 2.80. The van der Waals surface area contributed by atoms with E-state index in [1.165, 1.54) is 17.1 Å². The van der Waals surface area contributed by atoms with Crippen molar-refractivity contribution >= 4 is 21.8 Å². The van der Waals surface area contributed by atoms with Crippen LogP contribution >= 0.6 is 15.9 Å². The molecule has 0 aliphatic carbocycles. The Balaban J connectivity index is 1.83. The van der Waals surface area contributed by atoms with Gasteiger partial charge in [0.15, 0.2) is 0 Å². The van der Waals surface area contributed by atoms with Crippen molar-refractivity contribution in [3.63, 3.8) is 0 Å². The van der Waals surface area contributed by atoms with Gasteiger partial charge in [-0.25, -0.2) is 4.98 Å². The standard InChI is InChI=1S/C15H16BrN3O2/c1-11-9-17-10-19(15(11)21)7-6-18-14(20)8-12-2-4-13(16)5-3-12/h2-5,9-10H,6-8H2,1H3,(H,18,20). The van der Waals surface area contributed by atoms with Gasteiger partial charge in [-0.3, -0.25) is 14.2 Å². The average Bonchev–Trinajstić information content (AvgIpc) is 2.46. The van der Waals surface area contributed by atoms with E-state index in [9.17, 15) is 9.59 Å². The fraction of sp³-hybridized carbons (Fsp3) is 0.267. The van der Waals surface area contributed by atoms with Gasteiger partial charge in [0.2, 0.25) is 5.91 Å². The van der Waals surface area contributed by atoms with Crippen LogP contribution in [0.4, 0.5) is 0 Å². The minimum atomic E-state index is -0.0767. The number of aryl methyl sites for hydroxylation is 1. The number of nitrogens with one attached hydrogen (secondary N) is 1. The first kappa shape index (κ1) is 15.4. The third kappa shape index (κ3) is 4.53. The number of halogens is 1. The van der Waals surface area contributed by atoms with E-state index in [1.54, 1.807) is 6.92 Å². The molecule has 0 saturated heterocycles. The van der Waals surface area contributed by atoms with E-state index in [0.717, 1.165) is 10.0 Å². The van der Waals surface area contributed by atoms with Gasteiger partial charge in [0.1, 0.15) is 0 Å². The number of rotatable bonds is 5. The lowest BCUT2D eigenvalue weighted by atomic mass is 10.1. The number of nitrogens with zero attached hydrogens (tertiary/aromatic N) is 2. The second kappa shape index (κ2) is 7.17. The van der Waals surface area contributed by atoms with Crippen LogP contribution in [0.3, 0.4) is 0 Å². The topological polar surface area (TPSA) is 64.0 Å². The molecule has 0 unspecified atom stereocenters. The lowest BCUT2D eigenvalue weighted by Crippen LogP contribution is -2.32. The first-order valence-electron chi connectivity index (χ1n) is 6.58. The molecule has 0 radical (unpaired) electrons. The van der Waals surface area contributed by atoms with Crippen LogP contribution in [-0.2, 0) is 17.8 Å². The van der Waals surface area contributed by atoms with Gasteiger partial charge in [0.25, 0.3) is 5.56 Å². The van der Waals surface area contributed by atoms with Crippen LogP contribution < -0.4 is 10.9 Å². The first-order valence-corrected chi connectivity index (χ1v) is 7.38. The van der Waals surface area contributed by atoms with E-state index in [-0.39, 0.29) is 11.5 Å². The lowest BCUT2D eigenvalue weighted by molar-refractivity contribution is -0.120. The van der Waals surface area contributed by atoms with Crippen LogP contribution in [0.15, 0.2) is 46.1 Å². The van der Waals surface area contributed by atoms with Crippen molar-refractivity contribution in [3.8, 4) is 0 Å². The van der Waals surface area contributed by atoms with Crippen molar-refractivity contribution in [1.29, 1.82) is 0 Å². The Labute approximate surface area is 131 Å². The predicted octanol–water partition coefficient (Wildman–Crippen LogP) is 1.67. The van der Waals surface area contributed by atoms with Gasteiger partial charge in [-0.1, -0.05) is 28.1 Å². The number of aromatic nitrogens is 2. The molecule has 21 heavy (non-hydrogen) atoms. The molecule has 0 aliphatic heterocycles. The Morgan fingerprint density at radius 1 is 1.33 bits per heavy atom. The molecule has 2 aromatic rings. The maximum absolute atomic E-state index is 11.8. The quantitative estimate of drug-likeness (QED) is 0.892. The largest absolute Gasteiger partial charge is 0.354 e. The van der Waals surface area contributed by atoms with E-state index in [4.69, 9.17) is 0 Å². The number of hydrogen-bond donors (Lipinski definition) is 1. The van der Waals surface area contributed by atoms with Gasteiger partial charge >= 0.3 is 0 Å². The smallest absolute Gasteiger partial charge is 0.256 e. The number of benzene rings is 1. The summed E-state index contributed by atoms with van der Waals surface area (Å²) in [6.45, 7) is 2.54. The Morgan fingerprint density at radius 2 is 2.05 bits per heavy atom. The van der Waals surface area contributed by atoms with E-state index in [2.05, 4.69) is 26.2 Å². The molecular formula is C15H16BrN3O2. The molecule has 1 aromatic heterocycles. The van der Waals surface area contributed by atoms with Gasteiger partial charge < -0.3 is 5.32 Å². The molecule has 0 aliphatic rings. The first-order chi connectivity index (χ1) is 10.1. The average molecular weight is 350 g/mol. The molecule has 1 amide bonds. The third-order valence-electron chi connectivity index (χ3n) is 3.03. The van der Waals surface area contributed by atoms with E-state index >= 15 is 0 Å². The second-order valence-corrected chi connectivity index (χ2v) is 5.64. The van der Waals surface area contributed by atoms with Crippen LogP contribution in [0.5, 0.6) is 0 Å². The maximum atomic E-state index is 11.8. The van der Waals surface area contributed by atoms with Crippen molar-refractivity contribution < 1.29 is 4.79 Å².